The lowest BCUT2D eigenvalue weighted by molar-refractivity contribution is 0.448. The van der Waals surface area contributed by atoms with Gasteiger partial charge in [-0.3, -0.25) is 0 Å². The number of hydrogen-bond donors (Lipinski definition) is 1. The fourth-order valence-corrected chi connectivity index (χ4v) is 6.49. The molecule has 0 fully saturated rings. The average Bonchev–Trinajstić information content (AvgIpc) is 3.56. The van der Waals surface area contributed by atoms with Crippen LogP contribution in [0.5, 0.6) is 5.75 Å². The van der Waals surface area contributed by atoms with Gasteiger partial charge in [0.1, 0.15) is 11.3 Å². The van der Waals surface area contributed by atoms with E-state index in [2.05, 4.69) is 96.7 Å². The first-order valence-corrected chi connectivity index (χ1v) is 13.7. The van der Waals surface area contributed by atoms with E-state index < -0.39 is 0 Å². The molecular weight excluding hydrogens is 503 g/mol. The zero-order valence-electron chi connectivity index (χ0n) is 22.0. The number of nitrogens with one attached hydrogen (secondary N) is 1. The van der Waals surface area contributed by atoms with E-state index in [1.54, 1.807) is 0 Å². The zero-order chi connectivity index (χ0) is 27.1. The molecule has 1 N–H and O–H groups in total. The molecule has 2 aromatic heterocycles. The van der Waals surface area contributed by atoms with Crippen molar-refractivity contribution in [1.82, 2.24) is 4.98 Å². The number of fused-ring (bicyclic) bond motifs is 9. The molecule has 0 atom stereocenters. The fourth-order valence-electron chi connectivity index (χ4n) is 6.49. The number of ether oxygens (including phenoxy) is 1. The summed E-state index contributed by atoms with van der Waals surface area (Å²) in [4.78, 5) is 5.91. The van der Waals surface area contributed by atoms with Crippen LogP contribution in [0.15, 0.2) is 132 Å². The van der Waals surface area contributed by atoms with E-state index in [0.717, 1.165) is 72.1 Å². The minimum Gasteiger partial charge on any atom is -0.456 e. The predicted molar refractivity (Wildman–Crippen MR) is 170 cm³/mol. The largest absolute Gasteiger partial charge is 0.456 e. The van der Waals surface area contributed by atoms with E-state index in [-0.39, 0.29) is 0 Å². The third kappa shape index (κ3) is 3.17. The van der Waals surface area contributed by atoms with E-state index in [9.17, 15) is 0 Å². The molecular formula is C36H22BN2O2. The highest BCUT2D eigenvalue weighted by Crippen LogP contribution is 2.43. The van der Waals surface area contributed by atoms with Crippen LogP contribution in [0.3, 0.4) is 0 Å². The molecule has 0 amide bonds. The van der Waals surface area contributed by atoms with Crippen molar-refractivity contribution in [3.63, 3.8) is 0 Å². The van der Waals surface area contributed by atoms with E-state index in [0.29, 0.717) is 5.76 Å². The number of allylic oxidation sites excluding steroid dienone is 3. The molecule has 0 saturated heterocycles. The number of aromatic amines is 1. The van der Waals surface area contributed by atoms with Gasteiger partial charge < -0.3 is 19.0 Å². The van der Waals surface area contributed by atoms with Gasteiger partial charge in [-0.25, -0.2) is 0 Å². The summed E-state index contributed by atoms with van der Waals surface area (Å²) in [5.41, 5.74) is 9.42. The molecule has 2 aliphatic heterocycles. The summed E-state index contributed by atoms with van der Waals surface area (Å²) in [5.74, 6) is 1.38. The summed E-state index contributed by atoms with van der Waals surface area (Å²) in [7, 11) is 2.29. The average molecular weight is 525 g/mol. The fraction of sp³-hybridized carbons (Fsp3) is 0. The van der Waals surface area contributed by atoms with Gasteiger partial charge in [0.2, 0.25) is 5.71 Å². The molecule has 0 aliphatic carbocycles. The van der Waals surface area contributed by atoms with Crippen LogP contribution in [-0.4, -0.2) is 12.3 Å². The van der Waals surface area contributed by atoms with Crippen molar-refractivity contribution in [1.29, 1.82) is 0 Å². The topological polar surface area (TPSA) is 41.4 Å². The molecule has 2 aliphatic rings. The molecule has 5 aromatic carbocycles. The Kier molecular flexibility index (Phi) is 4.53. The number of H-pyrrole nitrogens is 1. The van der Waals surface area contributed by atoms with Crippen LogP contribution in [0.1, 0.15) is 0 Å². The van der Waals surface area contributed by atoms with Crippen molar-refractivity contribution >= 4 is 73.3 Å². The Morgan fingerprint density at radius 2 is 1.59 bits per heavy atom. The lowest BCUT2D eigenvalue weighted by Crippen LogP contribution is -2.41. The second-order valence-electron chi connectivity index (χ2n) is 10.5. The van der Waals surface area contributed by atoms with E-state index in [1.165, 1.54) is 10.8 Å². The van der Waals surface area contributed by atoms with Crippen molar-refractivity contribution in [2.75, 3.05) is 4.90 Å². The maximum Gasteiger partial charge on any atom is 0.206 e. The highest BCUT2D eigenvalue weighted by Gasteiger charge is 2.30. The molecule has 4 heterocycles. The van der Waals surface area contributed by atoms with Crippen molar-refractivity contribution in [3.8, 4) is 16.9 Å². The van der Waals surface area contributed by atoms with Crippen LogP contribution in [0.25, 0.3) is 54.9 Å². The van der Waals surface area contributed by atoms with Gasteiger partial charge >= 0.3 is 0 Å². The van der Waals surface area contributed by atoms with Crippen molar-refractivity contribution in [2.24, 2.45) is 0 Å². The molecule has 0 spiro atoms. The molecule has 0 bridgehead atoms. The minimum atomic E-state index is 0.601. The highest BCUT2D eigenvalue weighted by molar-refractivity contribution is 6.74. The molecule has 191 valence electrons. The van der Waals surface area contributed by atoms with Gasteiger partial charge in [0.15, 0.2) is 13.0 Å². The minimum absolute atomic E-state index is 0.601. The summed E-state index contributed by atoms with van der Waals surface area (Å²) < 4.78 is 12.5. The van der Waals surface area contributed by atoms with Crippen LogP contribution in [0.4, 0.5) is 11.4 Å². The lowest BCUT2D eigenvalue weighted by atomic mass is 9.57. The molecule has 0 saturated carbocycles. The van der Waals surface area contributed by atoms with E-state index >= 15 is 0 Å². The van der Waals surface area contributed by atoms with Crippen LogP contribution >= 0.6 is 0 Å². The first-order valence-electron chi connectivity index (χ1n) is 13.7. The monoisotopic (exact) mass is 525 g/mol. The van der Waals surface area contributed by atoms with Gasteiger partial charge in [-0.05, 0) is 46.8 Å². The van der Waals surface area contributed by atoms with Crippen LogP contribution in [-0.2, 0) is 0 Å². The Bertz CT molecular complexity index is 2300. The van der Waals surface area contributed by atoms with Gasteiger partial charge in [-0.1, -0.05) is 90.9 Å². The zero-order valence-corrected chi connectivity index (χ0v) is 22.0. The smallest absolute Gasteiger partial charge is 0.206 e. The van der Waals surface area contributed by atoms with E-state index in [4.69, 9.17) is 9.15 Å². The Hall–Kier alpha value is -5.42. The number of aromatic nitrogens is 1. The SMILES string of the molecule is C=C1/C=C\C=C/N2c3c(cccc3O1)[B]c1c(-c3cccc4c3[nH]c3oc5ccccc5c34)cc3ccccc3c12. The normalized spacial score (nSPS) is 15.6. The summed E-state index contributed by atoms with van der Waals surface area (Å²) in [6.45, 7) is 4.08. The number of rotatable bonds is 1. The number of para-hydroxylation sites is 3. The summed E-state index contributed by atoms with van der Waals surface area (Å²) in [6, 6.07) is 31.8. The molecule has 1 radical (unpaired) electrons. The van der Waals surface area contributed by atoms with Gasteiger partial charge in [0.25, 0.3) is 0 Å². The van der Waals surface area contributed by atoms with Crippen LogP contribution < -0.4 is 20.6 Å². The van der Waals surface area contributed by atoms with Gasteiger partial charge in [-0.15, -0.1) is 0 Å². The Labute approximate surface area is 236 Å². The number of furan rings is 1. The van der Waals surface area contributed by atoms with Gasteiger partial charge in [-0.2, -0.15) is 0 Å². The number of benzene rings is 5. The molecule has 0 unspecified atom stereocenters. The second-order valence-corrected chi connectivity index (χ2v) is 10.5. The molecule has 9 rings (SSSR count). The molecule has 5 heteroatoms. The summed E-state index contributed by atoms with van der Waals surface area (Å²) in [6.07, 6.45) is 8.02. The maximum absolute atomic E-state index is 6.25. The lowest BCUT2D eigenvalue weighted by Gasteiger charge is -2.34. The highest BCUT2D eigenvalue weighted by atomic mass is 16.5. The van der Waals surface area contributed by atoms with Crippen molar-refractivity contribution in [3.05, 3.63) is 128 Å². The maximum atomic E-state index is 6.25. The third-order valence-corrected chi connectivity index (χ3v) is 8.20. The molecule has 7 aromatic rings. The van der Waals surface area contributed by atoms with Gasteiger partial charge in [0, 0.05) is 33.6 Å². The molecule has 41 heavy (non-hydrogen) atoms. The quantitative estimate of drug-likeness (QED) is 0.221. The van der Waals surface area contributed by atoms with Crippen LogP contribution in [0.2, 0.25) is 0 Å². The Morgan fingerprint density at radius 1 is 0.756 bits per heavy atom. The number of anilines is 2. The first-order chi connectivity index (χ1) is 20.2. The van der Waals surface area contributed by atoms with Crippen LogP contribution in [0, 0.1) is 0 Å². The second kappa shape index (κ2) is 8.29. The van der Waals surface area contributed by atoms with Crippen molar-refractivity contribution < 1.29 is 9.15 Å². The Balaban J connectivity index is 1.37. The predicted octanol–water partition coefficient (Wildman–Crippen LogP) is 7.97. The van der Waals surface area contributed by atoms with Crippen molar-refractivity contribution in [2.45, 2.75) is 0 Å². The summed E-state index contributed by atoms with van der Waals surface area (Å²) >= 11 is 0. The standard InChI is InChI=1S/C36H22BN2O2/c1-21-10-6-7-19-39-34-23-12-3-2-11-22(23)20-27(32(34)37-28-16-9-18-30(40-21)35(28)39)24-14-8-15-26-31-25-13-4-5-17-29(25)41-36(31)38-33(24)26/h2-20,38H,1H2/b10-6-,19-7-. The number of nitrogens with zero attached hydrogens (tertiary/aromatic N) is 1. The third-order valence-electron chi connectivity index (χ3n) is 8.20. The van der Waals surface area contributed by atoms with E-state index in [1.807, 2.05) is 42.5 Å². The number of hydrogen-bond acceptors (Lipinski definition) is 3. The first kappa shape index (κ1) is 22.4. The Morgan fingerprint density at radius 3 is 2.54 bits per heavy atom. The summed E-state index contributed by atoms with van der Waals surface area (Å²) in [5, 5.41) is 5.74. The molecule has 4 nitrogen and oxygen atoms in total. The van der Waals surface area contributed by atoms with Gasteiger partial charge in [0.05, 0.1) is 16.6 Å².